The van der Waals surface area contributed by atoms with Gasteiger partial charge in [-0.2, -0.15) is 11.8 Å². The number of sulfonamides is 1. The average molecular weight is 317 g/mol. The fourth-order valence-electron chi connectivity index (χ4n) is 1.75. The molecule has 1 aromatic carbocycles. The second kappa shape index (κ2) is 7.45. The van der Waals surface area contributed by atoms with E-state index >= 15 is 0 Å². The van der Waals surface area contributed by atoms with Gasteiger partial charge in [-0.3, -0.25) is 0 Å². The molecule has 0 aromatic heterocycles. The van der Waals surface area contributed by atoms with Gasteiger partial charge in [0, 0.05) is 6.54 Å². The molecule has 0 aliphatic rings. The van der Waals surface area contributed by atoms with E-state index in [1.807, 2.05) is 31.4 Å². The quantitative estimate of drug-likeness (QED) is 0.769. The maximum absolute atomic E-state index is 12.0. The molecule has 0 unspecified atom stereocenters. The molecule has 0 amide bonds. The minimum absolute atomic E-state index is 0.0434. The van der Waals surface area contributed by atoms with Crippen LogP contribution in [-0.2, 0) is 15.8 Å². The summed E-state index contributed by atoms with van der Waals surface area (Å²) in [6.07, 6.45) is 2.51. The lowest BCUT2D eigenvalue weighted by Gasteiger charge is -2.23. The van der Waals surface area contributed by atoms with Gasteiger partial charge in [0.25, 0.3) is 0 Å². The molecule has 0 radical (unpaired) electrons. The Balaban J connectivity index is 2.58. The standard InChI is InChI=1S/C14H23NO3S2/c1-12-5-4-6-13(9-12)10-20(17,18)15-11-14(2,16)7-8-19-3/h4-6,9,15-16H,7-8,10-11H2,1-3H3/t14-/m0/s1. The normalized spacial score (nSPS) is 15.0. The molecular formula is C14H23NO3S2. The lowest BCUT2D eigenvalue weighted by atomic mass is 10.1. The summed E-state index contributed by atoms with van der Waals surface area (Å²) in [4.78, 5) is 0. The zero-order chi connectivity index (χ0) is 15.2. The molecule has 1 aromatic rings. The Labute approximate surface area is 126 Å². The van der Waals surface area contributed by atoms with Crippen LogP contribution in [0.15, 0.2) is 24.3 Å². The van der Waals surface area contributed by atoms with E-state index in [9.17, 15) is 13.5 Å². The molecule has 1 rings (SSSR count). The van der Waals surface area contributed by atoms with Crippen LogP contribution in [0.25, 0.3) is 0 Å². The van der Waals surface area contributed by atoms with Gasteiger partial charge in [-0.05, 0) is 37.8 Å². The molecular weight excluding hydrogens is 294 g/mol. The highest BCUT2D eigenvalue weighted by molar-refractivity contribution is 7.98. The van der Waals surface area contributed by atoms with Crippen LogP contribution < -0.4 is 4.72 Å². The van der Waals surface area contributed by atoms with Crippen molar-refractivity contribution < 1.29 is 13.5 Å². The summed E-state index contributed by atoms with van der Waals surface area (Å²) in [5.74, 6) is 0.736. The average Bonchev–Trinajstić information content (AvgIpc) is 2.34. The summed E-state index contributed by atoms with van der Waals surface area (Å²) in [5, 5.41) is 10.1. The molecule has 0 saturated heterocycles. The Bertz CT molecular complexity index is 527. The van der Waals surface area contributed by atoms with Gasteiger partial charge < -0.3 is 5.11 Å². The van der Waals surface area contributed by atoms with Crippen molar-refractivity contribution in [1.29, 1.82) is 0 Å². The SMILES string of the molecule is CSCC[C@](C)(O)CNS(=O)(=O)Cc1cccc(C)c1. The van der Waals surface area contributed by atoms with E-state index in [0.717, 1.165) is 16.9 Å². The second-order valence-corrected chi connectivity index (χ2v) is 8.10. The predicted molar refractivity (Wildman–Crippen MR) is 85.4 cm³/mol. The summed E-state index contributed by atoms with van der Waals surface area (Å²) in [5.41, 5.74) is 0.772. The fourth-order valence-corrected chi connectivity index (χ4v) is 3.64. The van der Waals surface area contributed by atoms with E-state index in [0.29, 0.717) is 6.42 Å². The Morgan fingerprint density at radius 3 is 2.70 bits per heavy atom. The first-order valence-corrected chi connectivity index (χ1v) is 9.53. The summed E-state index contributed by atoms with van der Waals surface area (Å²) >= 11 is 1.63. The molecule has 0 spiro atoms. The Morgan fingerprint density at radius 2 is 2.10 bits per heavy atom. The third kappa shape index (κ3) is 6.74. The number of aryl methyl sites for hydroxylation is 1. The van der Waals surface area contributed by atoms with E-state index in [4.69, 9.17) is 0 Å². The highest BCUT2D eigenvalue weighted by Gasteiger charge is 2.23. The van der Waals surface area contributed by atoms with Crippen molar-refractivity contribution in [3.05, 3.63) is 35.4 Å². The number of benzene rings is 1. The lowest BCUT2D eigenvalue weighted by Crippen LogP contribution is -2.41. The first kappa shape index (κ1) is 17.5. The van der Waals surface area contributed by atoms with Gasteiger partial charge in [0.2, 0.25) is 10.0 Å². The number of hydrogen-bond donors (Lipinski definition) is 2. The maximum atomic E-state index is 12.0. The second-order valence-electron chi connectivity index (χ2n) is 5.31. The smallest absolute Gasteiger partial charge is 0.215 e. The molecule has 0 aliphatic carbocycles. The molecule has 114 valence electrons. The minimum atomic E-state index is -3.43. The third-order valence-electron chi connectivity index (χ3n) is 2.96. The first-order valence-electron chi connectivity index (χ1n) is 6.48. The summed E-state index contributed by atoms with van der Waals surface area (Å²) < 4.78 is 26.5. The number of nitrogens with one attached hydrogen (secondary N) is 1. The van der Waals surface area contributed by atoms with Crippen molar-refractivity contribution in [3.8, 4) is 0 Å². The van der Waals surface area contributed by atoms with E-state index in [2.05, 4.69) is 4.72 Å². The predicted octanol–water partition coefficient (Wildman–Crippen LogP) is 1.92. The molecule has 0 heterocycles. The van der Waals surface area contributed by atoms with Crippen molar-refractivity contribution >= 4 is 21.8 Å². The van der Waals surface area contributed by atoms with E-state index in [-0.39, 0.29) is 12.3 Å². The Hall–Kier alpha value is -0.560. The number of hydrogen-bond acceptors (Lipinski definition) is 4. The van der Waals surface area contributed by atoms with Gasteiger partial charge in [0.05, 0.1) is 11.4 Å². The number of rotatable bonds is 8. The van der Waals surface area contributed by atoms with Crippen LogP contribution in [0.3, 0.4) is 0 Å². The summed E-state index contributed by atoms with van der Waals surface area (Å²) in [7, 11) is -3.43. The van der Waals surface area contributed by atoms with Crippen molar-refractivity contribution in [2.45, 2.75) is 31.6 Å². The monoisotopic (exact) mass is 317 g/mol. The van der Waals surface area contributed by atoms with Crippen LogP contribution >= 0.6 is 11.8 Å². The van der Waals surface area contributed by atoms with Gasteiger partial charge in [0.15, 0.2) is 0 Å². The van der Waals surface area contributed by atoms with Crippen LogP contribution in [0.4, 0.5) is 0 Å². The van der Waals surface area contributed by atoms with Crippen molar-refractivity contribution in [3.63, 3.8) is 0 Å². The molecule has 0 saturated carbocycles. The van der Waals surface area contributed by atoms with Gasteiger partial charge in [0.1, 0.15) is 0 Å². The maximum Gasteiger partial charge on any atom is 0.215 e. The number of thioether (sulfide) groups is 1. The topological polar surface area (TPSA) is 66.4 Å². The highest BCUT2D eigenvalue weighted by Crippen LogP contribution is 2.13. The number of aliphatic hydroxyl groups is 1. The zero-order valence-electron chi connectivity index (χ0n) is 12.2. The molecule has 6 heteroatoms. The lowest BCUT2D eigenvalue weighted by molar-refractivity contribution is 0.0626. The summed E-state index contributed by atoms with van der Waals surface area (Å²) in [6, 6.07) is 7.41. The minimum Gasteiger partial charge on any atom is -0.389 e. The van der Waals surface area contributed by atoms with Gasteiger partial charge in [-0.25, -0.2) is 13.1 Å². The van der Waals surface area contributed by atoms with Crippen LogP contribution in [0.5, 0.6) is 0 Å². The molecule has 20 heavy (non-hydrogen) atoms. The van der Waals surface area contributed by atoms with E-state index < -0.39 is 15.6 Å². The fraction of sp³-hybridized carbons (Fsp3) is 0.571. The molecule has 2 N–H and O–H groups in total. The van der Waals surface area contributed by atoms with Crippen LogP contribution in [0.1, 0.15) is 24.5 Å². The Morgan fingerprint density at radius 1 is 1.40 bits per heavy atom. The largest absolute Gasteiger partial charge is 0.389 e. The third-order valence-corrected chi connectivity index (χ3v) is 4.87. The van der Waals surface area contributed by atoms with Crippen molar-refractivity contribution in [2.24, 2.45) is 0 Å². The van der Waals surface area contributed by atoms with E-state index in [1.54, 1.807) is 24.8 Å². The van der Waals surface area contributed by atoms with Crippen LogP contribution in [0, 0.1) is 6.92 Å². The molecule has 4 nitrogen and oxygen atoms in total. The molecule has 0 aliphatic heterocycles. The van der Waals surface area contributed by atoms with Crippen molar-refractivity contribution in [2.75, 3.05) is 18.6 Å². The van der Waals surface area contributed by atoms with Gasteiger partial charge in [-0.1, -0.05) is 29.8 Å². The summed E-state index contributed by atoms with van der Waals surface area (Å²) in [6.45, 7) is 3.62. The van der Waals surface area contributed by atoms with Gasteiger partial charge >= 0.3 is 0 Å². The van der Waals surface area contributed by atoms with Gasteiger partial charge in [-0.15, -0.1) is 0 Å². The van der Waals surface area contributed by atoms with Crippen molar-refractivity contribution in [1.82, 2.24) is 4.72 Å². The zero-order valence-corrected chi connectivity index (χ0v) is 13.9. The molecule has 0 fully saturated rings. The van der Waals surface area contributed by atoms with Crippen LogP contribution in [-0.4, -0.2) is 37.7 Å². The van der Waals surface area contributed by atoms with Crippen LogP contribution in [0.2, 0.25) is 0 Å². The van der Waals surface area contributed by atoms with E-state index in [1.165, 1.54) is 0 Å². The first-order chi connectivity index (χ1) is 9.24. The highest BCUT2D eigenvalue weighted by atomic mass is 32.2. The molecule has 0 bridgehead atoms. The Kier molecular flexibility index (Phi) is 6.51. The molecule has 1 atom stereocenters.